The van der Waals surface area contributed by atoms with E-state index in [0.717, 1.165) is 24.1 Å². The summed E-state index contributed by atoms with van der Waals surface area (Å²) in [6.45, 7) is 3.13. The van der Waals surface area contributed by atoms with Gasteiger partial charge in [0.25, 0.3) is 0 Å². The lowest BCUT2D eigenvalue weighted by Crippen LogP contribution is -2.32. The van der Waals surface area contributed by atoms with E-state index in [9.17, 15) is 0 Å². The number of benzene rings is 1. The maximum Gasteiger partial charge on any atom is 0.181 e. The fourth-order valence-corrected chi connectivity index (χ4v) is 2.08. The predicted octanol–water partition coefficient (Wildman–Crippen LogP) is 1.86. The Kier molecular flexibility index (Phi) is 1.61. The molecule has 3 nitrogen and oxygen atoms in total. The van der Waals surface area contributed by atoms with Crippen molar-refractivity contribution in [2.75, 3.05) is 0 Å². The molecular weight excluding hydrogens is 176 g/mol. The van der Waals surface area contributed by atoms with Gasteiger partial charge in [-0.05, 0) is 25.0 Å². The minimum Gasteiger partial charge on any atom is -0.443 e. The van der Waals surface area contributed by atoms with Crippen molar-refractivity contribution >= 4 is 11.1 Å². The van der Waals surface area contributed by atoms with E-state index in [1.54, 1.807) is 0 Å². The maximum absolute atomic E-state index is 5.43. The summed E-state index contributed by atoms with van der Waals surface area (Å²) in [5, 5.41) is 3.43. The van der Waals surface area contributed by atoms with E-state index in [2.05, 4.69) is 23.3 Å². The molecule has 1 N–H and O–H groups in total. The van der Waals surface area contributed by atoms with Crippen LogP contribution in [0.5, 0.6) is 0 Å². The topological polar surface area (TPSA) is 38.1 Å². The van der Waals surface area contributed by atoms with E-state index in [-0.39, 0.29) is 0 Å². The summed E-state index contributed by atoms with van der Waals surface area (Å²) < 4.78 is 5.43. The quantitative estimate of drug-likeness (QED) is 0.685. The second kappa shape index (κ2) is 2.82. The highest BCUT2D eigenvalue weighted by molar-refractivity contribution is 5.77. The Bertz CT molecular complexity index is 475. The van der Waals surface area contributed by atoms with Crippen LogP contribution in [0, 0.1) is 0 Å². The van der Waals surface area contributed by atoms with Gasteiger partial charge in [0.15, 0.2) is 12.0 Å². The van der Waals surface area contributed by atoms with E-state index in [1.165, 1.54) is 17.5 Å². The summed E-state index contributed by atoms with van der Waals surface area (Å²) in [5.41, 5.74) is 4.60. The largest absolute Gasteiger partial charge is 0.443 e. The van der Waals surface area contributed by atoms with E-state index >= 15 is 0 Å². The Morgan fingerprint density at radius 3 is 3.36 bits per heavy atom. The van der Waals surface area contributed by atoms with Gasteiger partial charge in [-0.1, -0.05) is 6.07 Å². The van der Waals surface area contributed by atoms with Gasteiger partial charge in [0.2, 0.25) is 0 Å². The van der Waals surface area contributed by atoms with Crippen LogP contribution < -0.4 is 5.32 Å². The third-order valence-electron chi connectivity index (χ3n) is 2.85. The van der Waals surface area contributed by atoms with Gasteiger partial charge in [-0.3, -0.25) is 0 Å². The van der Waals surface area contributed by atoms with Crippen molar-refractivity contribution in [2.45, 2.75) is 25.9 Å². The van der Waals surface area contributed by atoms with Gasteiger partial charge in [0, 0.05) is 18.2 Å². The van der Waals surface area contributed by atoms with Gasteiger partial charge in [0.1, 0.15) is 5.52 Å². The molecule has 1 aliphatic heterocycles. The minimum absolute atomic E-state index is 0.526. The normalized spacial score (nSPS) is 21.1. The van der Waals surface area contributed by atoms with Gasteiger partial charge < -0.3 is 9.73 Å². The third-order valence-corrected chi connectivity index (χ3v) is 2.85. The van der Waals surface area contributed by atoms with E-state index in [4.69, 9.17) is 4.42 Å². The van der Waals surface area contributed by atoms with Crippen LogP contribution in [0.2, 0.25) is 0 Å². The lowest BCUT2D eigenvalue weighted by atomic mass is 9.96. The summed E-state index contributed by atoms with van der Waals surface area (Å²) in [4.78, 5) is 4.16. The summed E-state index contributed by atoms with van der Waals surface area (Å²) in [6, 6.07) is 4.69. The van der Waals surface area contributed by atoms with Gasteiger partial charge >= 0.3 is 0 Å². The number of nitrogens with one attached hydrogen (secondary N) is 1. The first-order chi connectivity index (χ1) is 6.84. The zero-order valence-electron chi connectivity index (χ0n) is 8.08. The van der Waals surface area contributed by atoms with Crippen molar-refractivity contribution in [3.63, 3.8) is 0 Å². The van der Waals surface area contributed by atoms with Crippen molar-refractivity contribution < 1.29 is 4.42 Å². The Balaban J connectivity index is 2.26. The summed E-state index contributed by atoms with van der Waals surface area (Å²) >= 11 is 0. The van der Waals surface area contributed by atoms with Crippen LogP contribution in [-0.2, 0) is 13.0 Å². The summed E-state index contributed by atoms with van der Waals surface area (Å²) in [6.07, 6.45) is 2.56. The van der Waals surface area contributed by atoms with Crippen LogP contribution >= 0.6 is 0 Å². The molecule has 0 bridgehead atoms. The fourth-order valence-electron chi connectivity index (χ4n) is 2.08. The predicted molar refractivity (Wildman–Crippen MR) is 54.0 cm³/mol. The fraction of sp³-hybridized carbons (Fsp3) is 0.364. The van der Waals surface area contributed by atoms with E-state index in [1.807, 2.05) is 6.07 Å². The first-order valence-corrected chi connectivity index (χ1v) is 4.92. The Labute approximate surface area is 82.1 Å². The van der Waals surface area contributed by atoms with Crippen LogP contribution in [0.1, 0.15) is 18.1 Å². The van der Waals surface area contributed by atoms with Crippen molar-refractivity contribution in [2.24, 2.45) is 0 Å². The van der Waals surface area contributed by atoms with Gasteiger partial charge in [0.05, 0.1) is 0 Å². The molecule has 1 aromatic carbocycles. The van der Waals surface area contributed by atoms with Crippen molar-refractivity contribution in [1.29, 1.82) is 0 Å². The Morgan fingerprint density at radius 1 is 1.50 bits per heavy atom. The molecule has 1 aromatic heterocycles. The second-order valence-electron chi connectivity index (χ2n) is 3.89. The van der Waals surface area contributed by atoms with E-state index < -0.39 is 0 Å². The van der Waals surface area contributed by atoms with Crippen molar-refractivity contribution in [1.82, 2.24) is 10.3 Å². The lowest BCUT2D eigenvalue weighted by molar-refractivity contribution is 0.507. The van der Waals surface area contributed by atoms with E-state index in [0.29, 0.717) is 6.04 Å². The van der Waals surface area contributed by atoms with Gasteiger partial charge in [-0.25, -0.2) is 4.98 Å². The zero-order chi connectivity index (χ0) is 9.54. The Hall–Kier alpha value is -1.35. The van der Waals surface area contributed by atoms with Crippen LogP contribution in [0.3, 0.4) is 0 Å². The number of hydrogen-bond acceptors (Lipinski definition) is 3. The molecule has 14 heavy (non-hydrogen) atoms. The second-order valence-corrected chi connectivity index (χ2v) is 3.89. The first-order valence-electron chi connectivity index (χ1n) is 4.92. The molecule has 0 saturated heterocycles. The summed E-state index contributed by atoms with van der Waals surface area (Å²) in [7, 11) is 0. The maximum atomic E-state index is 5.43. The zero-order valence-corrected chi connectivity index (χ0v) is 8.08. The molecule has 1 aliphatic rings. The Morgan fingerprint density at radius 2 is 2.43 bits per heavy atom. The van der Waals surface area contributed by atoms with Crippen LogP contribution in [0.25, 0.3) is 11.1 Å². The molecular formula is C11H12N2O. The lowest BCUT2D eigenvalue weighted by Gasteiger charge is -2.22. The van der Waals surface area contributed by atoms with Crippen molar-refractivity contribution in [3.05, 3.63) is 29.7 Å². The molecule has 1 atom stereocenters. The highest BCUT2D eigenvalue weighted by Gasteiger charge is 2.18. The highest BCUT2D eigenvalue weighted by atomic mass is 16.3. The monoisotopic (exact) mass is 188 g/mol. The average molecular weight is 188 g/mol. The molecule has 0 spiro atoms. The van der Waals surface area contributed by atoms with Gasteiger partial charge in [-0.15, -0.1) is 0 Å². The average Bonchev–Trinajstić information content (AvgIpc) is 2.65. The number of rotatable bonds is 0. The molecule has 0 radical (unpaired) electrons. The molecule has 0 fully saturated rings. The molecule has 2 heterocycles. The third kappa shape index (κ3) is 1.06. The standard InChI is InChI=1S/C11H12N2O/c1-7-4-9-8(5-12-7)2-3-10-11(9)14-6-13-10/h2-3,6-7,12H,4-5H2,1H3. The number of nitrogens with zero attached hydrogens (tertiary/aromatic N) is 1. The van der Waals surface area contributed by atoms with Crippen LogP contribution in [0.15, 0.2) is 22.9 Å². The number of fused-ring (bicyclic) bond motifs is 3. The molecule has 1 unspecified atom stereocenters. The smallest absolute Gasteiger partial charge is 0.181 e. The summed E-state index contributed by atoms with van der Waals surface area (Å²) in [5.74, 6) is 0. The molecule has 0 saturated carbocycles. The molecule has 3 heteroatoms. The molecule has 3 rings (SSSR count). The first kappa shape index (κ1) is 8.00. The van der Waals surface area contributed by atoms with Crippen LogP contribution in [0.4, 0.5) is 0 Å². The number of aromatic nitrogens is 1. The van der Waals surface area contributed by atoms with Crippen molar-refractivity contribution in [3.8, 4) is 0 Å². The molecule has 72 valence electrons. The number of hydrogen-bond donors (Lipinski definition) is 1. The molecule has 0 aliphatic carbocycles. The molecule has 2 aromatic rings. The van der Waals surface area contributed by atoms with Crippen LogP contribution in [-0.4, -0.2) is 11.0 Å². The molecule has 0 amide bonds. The highest BCUT2D eigenvalue weighted by Crippen LogP contribution is 2.25. The SMILES string of the molecule is CC1Cc2c(ccc3ncoc23)CN1. The van der Waals surface area contributed by atoms with Gasteiger partial charge in [-0.2, -0.15) is 0 Å². The minimum atomic E-state index is 0.526. The number of oxazole rings is 1.